The van der Waals surface area contributed by atoms with Crippen LogP contribution in [0.15, 0.2) is 60.7 Å². The zero-order valence-corrected chi connectivity index (χ0v) is 20.9. The van der Waals surface area contributed by atoms with E-state index in [0.29, 0.717) is 18.7 Å². The molecule has 5 nitrogen and oxygen atoms in total. The van der Waals surface area contributed by atoms with Crippen molar-refractivity contribution in [2.45, 2.75) is 39.7 Å². The van der Waals surface area contributed by atoms with Crippen molar-refractivity contribution in [2.24, 2.45) is 5.92 Å². The molecule has 34 heavy (non-hydrogen) atoms. The highest BCUT2D eigenvalue weighted by atomic mass is 32.1. The van der Waals surface area contributed by atoms with Crippen LogP contribution in [-0.4, -0.2) is 36.5 Å². The highest BCUT2D eigenvalue weighted by Gasteiger charge is 2.35. The number of hydrogen-bond donors (Lipinski definition) is 1. The SMILES string of the molecule is CCOC(=O)[C@H]1CCCN([C@H](c2ccccc2)c2c(NC(=O)c3ccccc3)sc(C)c2C)C1. The quantitative estimate of drug-likeness (QED) is 0.426. The van der Waals surface area contributed by atoms with Crippen molar-refractivity contribution in [2.75, 3.05) is 25.0 Å². The second-order valence-corrected chi connectivity index (χ2v) is 9.97. The van der Waals surface area contributed by atoms with Crippen molar-refractivity contribution < 1.29 is 14.3 Å². The highest BCUT2D eigenvalue weighted by Crippen LogP contribution is 2.43. The number of thiophene rings is 1. The first-order chi connectivity index (χ1) is 16.5. The van der Waals surface area contributed by atoms with Gasteiger partial charge in [-0.25, -0.2) is 0 Å². The Kier molecular flexibility index (Phi) is 7.80. The van der Waals surface area contributed by atoms with Gasteiger partial charge in [0.1, 0.15) is 5.00 Å². The van der Waals surface area contributed by atoms with Crippen molar-refractivity contribution in [3.8, 4) is 0 Å². The first-order valence-corrected chi connectivity index (χ1v) is 12.7. The molecule has 1 aromatic heterocycles. The monoisotopic (exact) mass is 476 g/mol. The standard InChI is InChI=1S/C28H32N2O3S/c1-4-33-28(32)23-16-11-17-30(18-23)25(21-12-7-5-8-13-21)24-19(2)20(3)34-27(24)29-26(31)22-14-9-6-10-15-22/h5-10,12-15,23,25H,4,11,16-18H2,1-3H3,(H,29,31)/t23-,25+/m0/s1. The molecule has 0 bridgehead atoms. The number of nitrogens with one attached hydrogen (secondary N) is 1. The van der Waals surface area contributed by atoms with Crippen LogP contribution in [0.3, 0.4) is 0 Å². The molecule has 178 valence electrons. The number of ether oxygens (including phenoxy) is 1. The highest BCUT2D eigenvalue weighted by molar-refractivity contribution is 7.16. The third kappa shape index (κ3) is 5.24. The van der Waals surface area contributed by atoms with E-state index in [2.05, 4.69) is 36.2 Å². The Balaban J connectivity index is 1.73. The van der Waals surface area contributed by atoms with E-state index in [1.165, 1.54) is 10.4 Å². The van der Waals surface area contributed by atoms with Crippen LogP contribution in [0.1, 0.15) is 57.7 Å². The van der Waals surface area contributed by atoms with E-state index in [0.717, 1.165) is 35.5 Å². The number of likely N-dealkylation sites (tertiary alicyclic amines) is 1. The summed E-state index contributed by atoms with van der Waals surface area (Å²) < 4.78 is 5.35. The molecule has 0 radical (unpaired) electrons. The molecule has 1 fully saturated rings. The molecule has 1 aliphatic heterocycles. The van der Waals surface area contributed by atoms with Crippen LogP contribution in [0, 0.1) is 19.8 Å². The zero-order valence-electron chi connectivity index (χ0n) is 20.0. The van der Waals surface area contributed by atoms with Crippen molar-refractivity contribution in [3.63, 3.8) is 0 Å². The van der Waals surface area contributed by atoms with E-state index in [4.69, 9.17) is 4.74 Å². The van der Waals surface area contributed by atoms with Crippen molar-refractivity contribution >= 4 is 28.2 Å². The van der Waals surface area contributed by atoms with Gasteiger partial charge in [0.25, 0.3) is 5.91 Å². The summed E-state index contributed by atoms with van der Waals surface area (Å²) in [6, 6.07) is 19.6. The Morgan fingerprint density at radius 3 is 2.44 bits per heavy atom. The van der Waals surface area contributed by atoms with Gasteiger partial charge in [0.05, 0.1) is 18.6 Å². The molecule has 4 rings (SSSR count). The van der Waals surface area contributed by atoms with Gasteiger partial charge in [-0.05, 0) is 63.4 Å². The molecule has 0 spiro atoms. The number of carbonyl (C=O) groups is 2. The van der Waals surface area contributed by atoms with E-state index in [1.54, 1.807) is 11.3 Å². The number of esters is 1. The average Bonchev–Trinajstić information content (AvgIpc) is 3.13. The second-order valence-electron chi connectivity index (χ2n) is 8.75. The molecule has 0 unspecified atom stereocenters. The number of nitrogens with zero attached hydrogens (tertiary/aromatic N) is 1. The van der Waals surface area contributed by atoms with Crippen molar-refractivity contribution in [3.05, 3.63) is 87.8 Å². The molecule has 2 aromatic carbocycles. The number of aryl methyl sites for hydroxylation is 1. The number of amides is 1. The largest absolute Gasteiger partial charge is 0.466 e. The van der Waals surface area contributed by atoms with Crippen LogP contribution in [-0.2, 0) is 9.53 Å². The Labute approximate surface area is 205 Å². The maximum atomic E-state index is 13.1. The second kappa shape index (κ2) is 11.0. The minimum Gasteiger partial charge on any atom is -0.466 e. The van der Waals surface area contributed by atoms with Gasteiger partial charge in [-0.15, -0.1) is 11.3 Å². The number of carbonyl (C=O) groups excluding carboxylic acids is 2. The molecular formula is C28H32N2O3S. The van der Waals surface area contributed by atoms with Crippen LogP contribution in [0.5, 0.6) is 0 Å². The minimum absolute atomic E-state index is 0.0607. The van der Waals surface area contributed by atoms with Crippen LogP contribution in [0.2, 0.25) is 0 Å². The molecule has 3 aromatic rings. The van der Waals surface area contributed by atoms with E-state index in [1.807, 2.05) is 55.5 Å². The molecule has 0 aliphatic carbocycles. The number of benzene rings is 2. The summed E-state index contributed by atoms with van der Waals surface area (Å²) in [6.07, 6.45) is 1.77. The normalized spacial score (nSPS) is 17.2. The topological polar surface area (TPSA) is 58.6 Å². The lowest BCUT2D eigenvalue weighted by Gasteiger charge is -2.38. The van der Waals surface area contributed by atoms with Crippen LogP contribution in [0.25, 0.3) is 0 Å². The van der Waals surface area contributed by atoms with E-state index in [9.17, 15) is 9.59 Å². The molecule has 1 amide bonds. The van der Waals surface area contributed by atoms with E-state index in [-0.39, 0.29) is 23.8 Å². The van der Waals surface area contributed by atoms with Gasteiger partial charge in [-0.3, -0.25) is 14.5 Å². The lowest BCUT2D eigenvalue weighted by molar-refractivity contribution is -0.150. The predicted molar refractivity (Wildman–Crippen MR) is 137 cm³/mol. The van der Waals surface area contributed by atoms with Gasteiger partial charge >= 0.3 is 5.97 Å². The molecule has 0 saturated carbocycles. The van der Waals surface area contributed by atoms with Crippen LogP contribution >= 0.6 is 11.3 Å². The lowest BCUT2D eigenvalue weighted by atomic mass is 9.90. The summed E-state index contributed by atoms with van der Waals surface area (Å²) in [4.78, 5) is 29.2. The van der Waals surface area contributed by atoms with Gasteiger partial charge in [0, 0.05) is 22.5 Å². The lowest BCUT2D eigenvalue weighted by Crippen LogP contribution is -2.42. The summed E-state index contributed by atoms with van der Waals surface area (Å²) in [7, 11) is 0. The Hall–Kier alpha value is -2.96. The molecule has 1 aliphatic rings. The zero-order chi connectivity index (χ0) is 24.1. The Morgan fingerprint density at radius 2 is 1.76 bits per heavy atom. The fourth-order valence-corrected chi connectivity index (χ4v) is 5.81. The van der Waals surface area contributed by atoms with E-state index < -0.39 is 0 Å². The summed E-state index contributed by atoms with van der Waals surface area (Å²) in [6.45, 7) is 8.00. The predicted octanol–water partition coefficient (Wildman–Crippen LogP) is 5.98. The molecule has 1 saturated heterocycles. The molecule has 1 N–H and O–H groups in total. The maximum absolute atomic E-state index is 13.1. The fraction of sp³-hybridized carbons (Fsp3) is 0.357. The van der Waals surface area contributed by atoms with Crippen LogP contribution in [0.4, 0.5) is 5.00 Å². The van der Waals surface area contributed by atoms with Crippen molar-refractivity contribution in [1.29, 1.82) is 0 Å². The van der Waals surface area contributed by atoms with Gasteiger partial charge in [0.2, 0.25) is 0 Å². The number of anilines is 1. The first kappa shape index (κ1) is 24.2. The summed E-state index contributed by atoms with van der Waals surface area (Å²) in [5, 5.41) is 4.06. The average molecular weight is 477 g/mol. The van der Waals surface area contributed by atoms with Crippen molar-refractivity contribution in [1.82, 2.24) is 4.90 Å². The summed E-state index contributed by atoms with van der Waals surface area (Å²) in [5.41, 5.74) is 4.08. The number of piperidine rings is 1. The maximum Gasteiger partial charge on any atom is 0.310 e. The number of hydrogen-bond acceptors (Lipinski definition) is 5. The summed E-state index contributed by atoms with van der Waals surface area (Å²) in [5.74, 6) is -0.366. The molecule has 6 heteroatoms. The first-order valence-electron chi connectivity index (χ1n) is 11.9. The minimum atomic E-state index is -0.137. The Morgan fingerprint density at radius 1 is 1.09 bits per heavy atom. The smallest absolute Gasteiger partial charge is 0.310 e. The third-order valence-corrected chi connectivity index (χ3v) is 7.66. The summed E-state index contributed by atoms with van der Waals surface area (Å²) >= 11 is 1.62. The van der Waals surface area contributed by atoms with Gasteiger partial charge in [-0.2, -0.15) is 0 Å². The molecule has 2 heterocycles. The third-order valence-electron chi connectivity index (χ3n) is 6.52. The molecule has 2 atom stereocenters. The Bertz CT molecular complexity index is 1130. The van der Waals surface area contributed by atoms with Gasteiger partial charge in [0.15, 0.2) is 0 Å². The fourth-order valence-electron chi connectivity index (χ4n) is 4.72. The van der Waals surface area contributed by atoms with Crippen LogP contribution < -0.4 is 5.32 Å². The number of rotatable bonds is 7. The molecular weight excluding hydrogens is 444 g/mol. The van der Waals surface area contributed by atoms with E-state index >= 15 is 0 Å². The van der Waals surface area contributed by atoms with Gasteiger partial charge in [-0.1, -0.05) is 48.5 Å². The van der Waals surface area contributed by atoms with Gasteiger partial charge < -0.3 is 10.1 Å².